The van der Waals surface area contributed by atoms with Crippen molar-refractivity contribution in [2.24, 2.45) is 5.16 Å². The first kappa shape index (κ1) is 17.5. The molecule has 0 unspecified atom stereocenters. The molecule has 126 valence electrons. The molecule has 2 N–H and O–H groups in total. The highest BCUT2D eigenvalue weighted by atomic mass is 79.9. The lowest BCUT2D eigenvalue weighted by Gasteiger charge is -2.12. The van der Waals surface area contributed by atoms with Crippen molar-refractivity contribution in [3.63, 3.8) is 0 Å². The second-order valence-corrected chi connectivity index (χ2v) is 6.91. The van der Waals surface area contributed by atoms with E-state index in [1.54, 1.807) is 0 Å². The molecule has 0 heterocycles. The van der Waals surface area contributed by atoms with Gasteiger partial charge in [-0.05, 0) is 55.0 Å². The number of benzene rings is 3. The SMILES string of the molecule is Cc1ccccc1C(=NO)c1ccc(Nc2ccc(Br)cc2)cc1Cl. The largest absolute Gasteiger partial charge is 0.410 e. The molecule has 0 fully saturated rings. The van der Waals surface area contributed by atoms with E-state index in [9.17, 15) is 5.21 Å². The van der Waals surface area contributed by atoms with Gasteiger partial charge in [-0.25, -0.2) is 0 Å². The van der Waals surface area contributed by atoms with Gasteiger partial charge in [0.1, 0.15) is 5.71 Å². The van der Waals surface area contributed by atoms with Crippen LogP contribution in [-0.4, -0.2) is 10.9 Å². The molecule has 0 aliphatic rings. The predicted octanol–water partition coefficient (Wildman–Crippen LogP) is 6.38. The maximum atomic E-state index is 9.52. The van der Waals surface area contributed by atoms with Crippen molar-refractivity contribution in [3.05, 3.63) is 92.9 Å². The number of aryl methyl sites for hydroxylation is 1. The molecule has 0 atom stereocenters. The standard InChI is InChI=1S/C20H16BrClN2O/c1-13-4-2-3-5-17(13)20(24-25)18-11-10-16(12-19(18)22)23-15-8-6-14(21)7-9-15/h2-12,23,25H,1H3. The lowest BCUT2D eigenvalue weighted by Crippen LogP contribution is -2.06. The summed E-state index contributed by atoms with van der Waals surface area (Å²) < 4.78 is 1.02. The molecule has 0 radical (unpaired) electrons. The molecular formula is C20H16BrClN2O. The summed E-state index contributed by atoms with van der Waals surface area (Å²) in [5.41, 5.74) is 4.82. The number of nitrogens with zero attached hydrogens (tertiary/aromatic N) is 1. The number of nitrogens with one attached hydrogen (secondary N) is 1. The molecule has 0 amide bonds. The normalized spacial score (nSPS) is 11.4. The number of anilines is 2. The maximum absolute atomic E-state index is 9.52. The van der Waals surface area contributed by atoms with Gasteiger partial charge in [-0.2, -0.15) is 0 Å². The highest BCUT2D eigenvalue weighted by molar-refractivity contribution is 9.10. The van der Waals surface area contributed by atoms with Gasteiger partial charge in [0.25, 0.3) is 0 Å². The molecule has 3 rings (SSSR count). The van der Waals surface area contributed by atoms with Crippen LogP contribution >= 0.6 is 27.5 Å². The van der Waals surface area contributed by atoms with Crippen molar-refractivity contribution in [2.75, 3.05) is 5.32 Å². The number of halogens is 2. The van der Waals surface area contributed by atoms with Crippen molar-refractivity contribution in [1.29, 1.82) is 0 Å². The Balaban J connectivity index is 1.91. The van der Waals surface area contributed by atoms with Crippen LogP contribution < -0.4 is 5.32 Å². The van der Waals surface area contributed by atoms with Gasteiger partial charge in [0.2, 0.25) is 0 Å². The molecular weight excluding hydrogens is 400 g/mol. The van der Waals surface area contributed by atoms with Crippen LogP contribution in [0.1, 0.15) is 16.7 Å². The van der Waals surface area contributed by atoms with E-state index in [1.807, 2.05) is 73.7 Å². The Bertz CT molecular complexity index is 923. The summed E-state index contributed by atoms with van der Waals surface area (Å²) in [6.07, 6.45) is 0. The van der Waals surface area contributed by atoms with Gasteiger partial charge >= 0.3 is 0 Å². The Labute approximate surface area is 160 Å². The summed E-state index contributed by atoms with van der Waals surface area (Å²) in [4.78, 5) is 0. The first-order chi connectivity index (χ1) is 12.1. The molecule has 5 heteroatoms. The average molecular weight is 416 g/mol. The molecule has 3 aromatic rings. The van der Waals surface area contributed by atoms with Crippen molar-refractivity contribution in [2.45, 2.75) is 6.92 Å². The number of oxime groups is 1. The third-order valence-electron chi connectivity index (χ3n) is 3.86. The molecule has 25 heavy (non-hydrogen) atoms. The van der Waals surface area contributed by atoms with E-state index in [0.29, 0.717) is 16.3 Å². The van der Waals surface area contributed by atoms with E-state index in [0.717, 1.165) is 27.0 Å². The molecule has 0 saturated carbocycles. The molecule has 0 aliphatic heterocycles. The van der Waals surface area contributed by atoms with Crippen LogP contribution in [0.3, 0.4) is 0 Å². The zero-order valence-corrected chi connectivity index (χ0v) is 15.8. The third-order valence-corrected chi connectivity index (χ3v) is 4.70. The Morgan fingerprint density at radius 2 is 1.64 bits per heavy atom. The topological polar surface area (TPSA) is 44.6 Å². The van der Waals surface area contributed by atoms with Gasteiger partial charge in [0.05, 0.1) is 5.02 Å². The number of rotatable bonds is 4. The molecule has 3 nitrogen and oxygen atoms in total. The summed E-state index contributed by atoms with van der Waals surface area (Å²) in [5, 5.41) is 16.8. The van der Waals surface area contributed by atoms with Crippen molar-refractivity contribution in [1.82, 2.24) is 0 Å². The fourth-order valence-corrected chi connectivity index (χ4v) is 3.11. The lowest BCUT2D eigenvalue weighted by molar-refractivity contribution is 0.319. The highest BCUT2D eigenvalue weighted by Crippen LogP contribution is 2.27. The number of hydrogen-bond donors (Lipinski definition) is 2. The van der Waals surface area contributed by atoms with E-state index in [1.165, 1.54) is 0 Å². The van der Waals surface area contributed by atoms with Crippen LogP contribution in [0.4, 0.5) is 11.4 Å². The van der Waals surface area contributed by atoms with Gasteiger partial charge in [0, 0.05) is 27.0 Å². The molecule has 0 spiro atoms. The van der Waals surface area contributed by atoms with Gasteiger partial charge < -0.3 is 10.5 Å². The third kappa shape index (κ3) is 4.03. The molecule has 0 aliphatic carbocycles. The van der Waals surface area contributed by atoms with Gasteiger partial charge in [0.15, 0.2) is 0 Å². The van der Waals surface area contributed by atoms with Crippen molar-refractivity contribution < 1.29 is 5.21 Å². The Hall–Kier alpha value is -2.30. The monoisotopic (exact) mass is 414 g/mol. The minimum Gasteiger partial charge on any atom is -0.410 e. The average Bonchev–Trinajstić information content (AvgIpc) is 2.61. The summed E-state index contributed by atoms with van der Waals surface area (Å²) >= 11 is 9.88. The van der Waals surface area contributed by atoms with E-state index in [-0.39, 0.29) is 0 Å². The molecule has 0 saturated heterocycles. The Kier molecular flexibility index (Phi) is 5.41. The zero-order chi connectivity index (χ0) is 17.8. The fraction of sp³-hybridized carbons (Fsp3) is 0.0500. The summed E-state index contributed by atoms with van der Waals surface area (Å²) in [6.45, 7) is 1.97. The Morgan fingerprint density at radius 3 is 2.28 bits per heavy atom. The second kappa shape index (κ2) is 7.72. The van der Waals surface area contributed by atoms with Crippen LogP contribution in [0, 0.1) is 6.92 Å². The smallest absolute Gasteiger partial charge is 0.118 e. The van der Waals surface area contributed by atoms with Gasteiger partial charge in [-0.1, -0.05) is 57.0 Å². The molecule has 0 bridgehead atoms. The van der Waals surface area contributed by atoms with Gasteiger partial charge in [-0.15, -0.1) is 0 Å². The summed E-state index contributed by atoms with van der Waals surface area (Å²) in [6, 6.07) is 21.2. The van der Waals surface area contributed by atoms with E-state index < -0.39 is 0 Å². The van der Waals surface area contributed by atoms with E-state index in [4.69, 9.17) is 11.6 Å². The molecule has 0 aromatic heterocycles. The highest BCUT2D eigenvalue weighted by Gasteiger charge is 2.14. The van der Waals surface area contributed by atoms with E-state index >= 15 is 0 Å². The van der Waals surface area contributed by atoms with Crippen LogP contribution in [0.2, 0.25) is 5.02 Å². The van der Waals surface area contributed by atoms with Crippen LogP contribution in [-0.2, 0) is 0 Å². The van der Waals surface area contributed by atoms with Crippen LogP contribution in [0.5, 0.6) is 0 Å². The van der Waals surface area contributed by atoms with Gasteiger partial charge in [-0.3, -0.25) is 0 Å². The minimum absolute atomic E-state index is 0.457. The fourth-order valence-electron chi connectivity index (χ4n) is 2.58. The van der Waals surface area contributed by atoms with Crippen LogP contribution in [0.25, 0.3) is 0 Å². The second-order valence-electron chi connectivity index (χ2n) is 5.59. The minimum atomic E-state index is 0.457. The first-order valence-corrected chi connectivity index (χ1v) is 8.86. The summed E-state index contributed by atoms with van der Waals surface area (Å²) in [5.74, 6) is 0. The maximum Gasteiger partial charge on any atom is 0.118 e. The van der Waals surface area contributed by atoms with E-state index in [2.05, 4.69) is 26.4 Å². The van der Waals surface area contributed by atoms with Crippen molar-refractivity contribution >= 4 is 44.6 Å². The summed E-state index contributed by atoms with van der Waals surface area (Å²) in [7, 11) is 0. The Morgan fingerprint density at radius 1 is 0.960 bits per heavy atom. The molecule has 3 aromatic carbocycles. The quantitative estimate of drug-likeness (QED) is 0.295. The zero-order valence-electron chi connectivity index (χ0n) is 13.5. The number of hydrogen-bond acceptors (Lipinski definition) is 3. The van der Waals surface area contributed by atoms with Crippen molar-refractivity contribution in [3.8, 4) is 0 Å². The van der Waals surface area contributed by atoms with Crippen LogP contribution in [0.15, 0.2) is 76.4 Å². The lowest BCUT2D eigenvalue weighted by atomic mass is 9.98. The first-order valence-electron chi connectivity index (χ1n) is 7.69. The predicted molar refractivity (Wildman–Crippen MR) is 107 cm³/mol.